The van der Waals surface area contributed by atoms with Crippen molar-refractivity contribution in [1.29, 1.82) is 0 Å². The molecule has 0 spiro atoms. The zero-order chi connectivity index (χ0) is 24.7. The highest BCUT2D eigenvalue weighted by atomic mass is 16.1. The van der Waals surface area contributed by atoms with Crippen LogP contribution in [-0.2, 0) is 14.1 Å². The van der Waals surface area contributed by atoms with Crippen molar-refractivity contribution < 1.29 is 0 Å². The van der Waals surface area contributed by atoms with Crippen LogP contribution in [-0.4, -0.2) is 38.2 Å². The third kappa shape index (κ3) is 3.79. The van der Waals surface area contributed by atoms with E-state index in [0.29, 0.717) is 5.56 Å². The van der Waals surface area contributed by atoms with E-state index in [1.165, 1.54) is 0 Å². The van der Waals surface area contributed by atoms with Crippen molar-refractivity contribution in [3.8, 4) is 5.69 Å². The van der Waals surface area contributed by atoms with Gasteiger partial charge in [0.1, 0.15) is 0 Å². The summed E-state index contributed by atoms with van der Waals surface area (Å²) in [6.07, 6.45) is 1.63. The second kappa shape index (κ2) is 8.85. The zero-order valence-electron chi connectivity index (χ0n) is 20.9. The Morgan fingerprint density at radius 1 is 0.971 bits per heavy atom. The fourth-order valence-corrected chi connectivity index (χ4v) is 4.52. The van der Waals surface area contributed by atoms with Crippen LogP contribution in [0, 0.1) is 20.8 Å². The molecule has 0 unspecified atom stereocenters. The number of aromatic nitrogens is 4. The van der Waals surface area contributed by atoms with Gasteiger partial charge in [-0.2, -0.15) is 0 Å². The van der Waals surface area contributed by atoms with Gasteiger partial charge in [-0.15, -0.1) is 0 Å². The molecular weight excluding hydrogens is 428 g/mol. The largest absolute Gasteiger partial charge is 0.370 e. The molecule has 178 valence electrons. The zero-order valence-corrected chi connectivity index (χ0v) is 20.9. The lowest BCUT2D eigenvalue weighted by Gasteiger charge is -2.23. The van der Waals surface area contributed by atoms with Crippen LogP contribution in [0.1, 0.15) is 36.2 Å². The number of rotatable bonds is 6. The summed E-state index contributed by atoms with van der Waals surface area (Å²) in [6.45, 7) is 11.7. The first-order chi connectivity index (χ1) is 16.2. The average molecular weight is 461 g/mol. The molecule has 0 bridgehead atoms. The summed E-state index contributed by atoms with van der Waals surface area (Å²) in [5.41, 5.74) is 7.30. The third-order valence-corrected chi connectivity index (χ3v) is 6.52. The molecule has 0 atom stereocenters. The van der Waals surface area contributed by atoms with Crippen molar-refractivity contribution in [3.05, 3.63) is 73.6 Å². The van der Waals surface area contributed by atoms with Gasteiger partial charge in [0.25, 0.3) is 5.56 Å². The van der Waals surface area contributed by atoms with E-state index in [1.54, 1.807) is 34.1 Å². The van der Waals surface area contributed by atoms with E-state index in [1.807, 2.05) is 45.0 Å². The van der Waals surface area contributed by atoms with Gasteiger partial charge < -0.3 is 4.90 Å². The van der Waals surface area contributed by atoms with E-state index in [-0.39, 0.29) is 11.2 Å². The standard InChI is InChI=1S/C26H32N6O2/c1-8-31(9-2)22-14-24-23(29(6)26(34)30(24)7)13-20(22)27-15-19-18(5)28-32(25(19)33)21-11-10-16(3)12-17(21)4/h10-15,28H,8-9H2,1-7H3. The summed E-state index contributed by atoms with van der Waals surface area (Å²) in [5, 5.41) is 3.19. The molecule has 8 nitrogen and oxygen atoms in total. The molecule has 2 aromatic carbocycles. The third-order valence-electron chi connectivity index (χ3n) is 6.52. The molecule has 0 aliphatic rings. The molecule has 0 amide bonds. The Hall–Kier alpha value is -3.81. The Balaban J connectivity index is 1.86. The lowest BCUT2D eigenvalue weighted by molar-refractivity contribution is 0.795. The number of aryl methyl sites for hydroxylation is 5. The van der Waals surface area contributed by atoms with Gasteiger partial charge in [-0.1, -0.05) is 17.7 Å². The second-order valence-electron chi connectivity index (χ2n) is 8.74. The van der Waals surface area contributed by atoms with Crippen LogP contribution >= 0.6 is 0 Å². The van der Waals surface area contributed by atoms with Crippen molar-refractivity contribution in [1.82, 2.24) is 18.9 Å². The number of benzene rings is 2. The number of fused-ring (bicyclic) bond motifs is 1. The molecule has 0 aliphatic carbocycles. The van der Waals surface area contributed by atoms with Crippen molar-refractivity contribution in [3.63, 3.8) is 0 Å². The molecule has 8 heteroatoms. The molecule has 0 radical (unpaired) electrons. The SMILES string of the molecule is CCN(CC)c1cc2c(cc1N=Cc1c(C)[nH]n(-c3ccc(C)cc3C)c1=O)n(C)c(=O)n2C. The van der Waals surface area contributed by atoms with E-state index in [9.17, 15) is 9.59 Å². The van der Waals surface area contributed by atoms with Gasteiger partial charge in [-0.3, -0.25) is 24.0 Å². The lowest BCUT2D eigenvalue weighted by Crippen LogP contribution is -2.22. The monoisotopic (exact) mass is 460 g/mol. The number of H-pyrrole nitrogens is 1. The summed E-state index contributed by atoms with van der Waals surface area (Å²) >= 11 is 0. The Labute approximate surface area is 198 Å². The maximum atomic E-state index is 13.3. The summed E-state index contributed by atoms with van der Waals surface area (Å²) in [6, 6.07) is 9.93. The van der Waals surface area contributed by atoms with E-state index in [4.69, 9.17) is 4.99 Å². The lowest BCUT2D eigenvalue weighted by atomic mass is 10.1. The number of anilines is 1. The minimum absolute atomic E-state index is 0.0838. The normalized spacial score (nSPS) is 11.7. The smallest absolute Gasteiger partial charge is 0.328 e. The number of imidazole rings is 1. The Morgan fingerprint density at radius 2 is 1.62 bits per heavy atom. The minimum Gasteiger partial charge on any atom is -0.370 e. The van der Waals surface area contributed by atoms with Gasteiger partial charge in [0.05, 0.1) is 33.7 Å². The molecule has 0 saturated heterocycles. The van der Waals surface area contributed by atoms with Crippen LogP contribution in [0.2, 0.25) is 0 Å². The molecule has 34 heavy (non-hydrogen) atoms. The van der Waals surface area contributed by atoms with Crippen molar-refractivity contribution in [2.24, 2.45) is 19.1 Å². The molecule has 2 aromatic heterocycles. The summed E-state index contributed by atoms with van der Waals surface area (Å²) in [4.78, 5) is 32.7. The first kappa shape index (κ1) is 23.4. The molecule has 1 N–H and O–H groups in total. The second-order valence-corrected chi connectivity index (χ2v) is 8.74. The van der Waals surface area contributed by atoms with Crippen LogP contribution in [0.5, 0.6) is 0 Å². The van der Waals surface area contributed by atoms with E-state index in [2.05, 4.69) is 29.9 Å². The number of aromatic amines is 1. The molecule has 0 aliphatic heterocycles. The molecule has 0 fully saturated rings. The average Bonchev–Trinajstić information content (AvgIpc) is 3.20. The van der Waals surface area contributed by atoms with Crippen LogP contribution in [0.15, 0.2) is 44.9 Å². The highest BCUT2D eigenvalue weighted by Gasteiger charge is 2.17. The predicted molar refractivity (Wildman–Crippen MR) is 140 cm³/mol. The van der Waals surface area contributed by atoms with Gasteiger partial charge >= 0.3 is 5.69 Å². The van der Waals surface area contributed by atoms with Gasteiger partial charge in [0.2, 0.25) is 0 Å². The summed E-state index contributed by atoms with van der Waals surface area (Å²) < 4.78 is 4.84. The van der Waals surface area contributed by atoms with E-state index < -0.39 is 0 Å². The molecular formula is C26H32N6O2. The highest BCUT2D eigenvalue weighted by molar-refractivity contribution is 5.91. The van der Waals surface area contributed by atoms with Gasteiger partial charge in [0, 0.05) is 39.1 Å². The Kier molecular flexibility index (Phi) is 6.08. The topological polar surface area (TPSA) is 80.3 Å². The fourth-order valence-electron chi connectivity index (χ4n) is 4.52. The predicted octanol–water partition coefficient (Wildman–Crippen LogP) is 3.88. The first-order valence-corrected chi connectivity index (χ1v) is 11.6. The highest BCUT2D eigenvalue weighted by Crippen LogP contribution is 2.33. The quantitative estimate of drug-likeness (QED) is 0.444. The summed E-state index contributed by atoms with van der Waals surface area (Å²) in [5.74, 6) is 0. The van der Waals surface area contributed by atoms with Crippen LogP contribution in [0.25, 0.3) is 16.7 Å². The number of hydrogen-bond donors (Lipinski definition) is 1. The summed E-state index contributed by atoms with van der Waals surface area (Å²) in [7, 11) is 3.53. The van der Waals surface area contributed by atoms with Crippen molar-refractivity contribution in [2.45, 2.75) is 34.6 Å². The molecule has 2 heterocycles. The van der Waals surface area contributed by atoms with E-state index in [0.717, 1.165) is 58.0 Å². The number of aliphatic imine (C=N–C) groups is 1. The number of hydrogen-bond acceptors (Lipinski definition) is 4. The van der Waals surface area contributed by atoms with Gasteiger partial charge in [0.15, 0.2) is 0 Å². The van der Waals surface area contributed by atoms with Crippen molar-refractivity contribution >= 4 is 28.6 Å². The maximum Gasteiger partial charge on any atom is 0.328 e. The fraction of sp³-hybridized carbons (Fsp3) is 0.346. The Morgan fingerprint density at radius 3 is 2.24 bits per heavy atom. The molecule has 0 saturated carbocycles. The van der Waals surface area contributed by atoms with Gasteiger partial charge in [-0.25, -0.2) is 9.48 Å². The Bertz CT molecular complexity index is 1530. The van der Waals surface area contributed by atoms with Gasteiger partial charge in [-0.05, 0) is 58.4 Å². The van der Waals surface area contributed by atoms with Crippen LogP contribution in [0.4, 0.5) is 11.4 Å². The molecule has 4 rings (SSSR count). The number of nitrogens with zero attached hydrogens (tertiary/aromatic N) is 5. The number of nitrogens with one attached hydrogen (secondary N) is 1. The minimum atomic E-state index is -0.147. The molecule has 4 aromatic rings. The first-order valence-electron chi connectivity index (χ1n) is 11.6. The van der Waals surface area contributed by atoms with Crippen molar-refractivity contribution in [2.75, 3.05) is 18.0 Å². The van der Waals surface area contributed by atoms with E-state index >= 15 is 0 Å². The van der Waals surface area contributed by atoms with Crippen LogP contribution < -0.4 is 16.1 Å². The van der Waals surface area contributed by atoms with Crippen LogP contribution in [0.3, 0.4) is 0 Å². The maximum absolute atomic E-state index is 13.3.